The highest BCUT2D eigenvalue weighted by Crippen LogP contribution is 2.25. The highest BCUT2D eigenvalue weighted by molar-refractivity contribution is 6.33. The first kappa shape index (κ1) is 12.6. The van der Waals surface area contributed by atoms with Crippen molar-refractivity contribution >= 4 is 29.3 Å². The number of primary amides is 1. The number of carbonyl (C=O) groups is 2. The minimum absolute atomic E-state index is 0.00388. The Bertz CT molecular complexity index is 506. The van der Waals surface area contributed by atoms with Crippen molar-refractivity contribution in [2.45, 2.75) is 6.42 Å². The quantitative estimate of drug-likeness (QED) is 0.844. The van der Waals surface area contributed by atoms with Crippen LogP contribution in [0.15, 0.2) is 12.3 Å². The zero-order valence-corrected chi connectivity index (χ0v) is 10.2. The van der Waals surface area contributed by atoms with Gasteiger partial charge in [0.15, 0.2) is 0 Å². The number of rotatable bonds is 3. The lowest BCUT2D eigenvalue weighted by Gasteiger charge is -2.17. The first-order chi connectivity index (χ1) is 8.49. The van der Waals surface area contributed by atoms with Crippen LogP contribution < -0.4 is 10.6 Å². The molecule has 1 unspecified atom stereocenters. The highest BCUT2D eigenvalue weighted by Gasteiger charge is 2.28. The van der Waals surface area contributed by atoms with Gasteiger partial charge < -0.3 is 15.7 Å². The Morgan fingerprint density at radius 3 is 2.83 bits per heavy atom. The number of halogens is 1. The molecule has 1 aliphatic rings. The summed E-state index contributed by atoms with van der Waals surface area (Å²) >= 11 is 5.74. The molecule has 1 fully saturated rings. The number of hydrogen-bond donors (Lipinski definition) is 2. The molecule has 0 aromatic carbocycles. The van der Waals surface area contributed by atoms with Gasteiger partial charge in [0.1, 0.15) is 5.82 Å². The molecule has 6 nitrogen and oxygen atoms in total. The summed E-state index contributed by atoms with van der Waals surface area (Å²) in [7, 11) is 0. The van der Waals surface area contributed by atoms with Crippen molar-refractivity contribution in [1.82, 2.24) is 4.98 Å². The van der Waals surface area contributed by atoms with E-state index in [1.54, 1.807) is 0 Å². The Morgan fingerprint density at radius 1 is 1.56 bits per heavy atom. The average molecular weight is 270 g/mol. The van der Waals surface area contributed by atoms with E-state index in [0.29, 0.717) is 25.3 Å². The molecule has 1 aliphatic heterocycles. The van der Waals surface area contributed by atoms with Gasteiger partial charge >= 0.3 is 5.97 Å². The van der Waals surface area contributed by atoms with Crippen LogP contribution in [0.1, 0.15) is 16.8 Å². The summed E-state index contributed by atoms with van der Waals surface area (Å²) in [6.07, 6.45) is 1.96. The van der Waals surface area contributed by atoms with E-state index >= 15 is 0 Å². The van der Waals surface area contributed by atoms with Gasteiger partial charge in [0, 0.05) is 19.3 Å². The SMILES string of the molecule is NC(=O)C1CCN(c2cc(C(=O)O)c(Cl)cn2)C1. The largest absolute Gasteiger partial charge is 0.478 e. The number of amides is 1. The second-order valence-corrected chi connectivity index (χ2v) is 4.57. The summed E-state index contributed by atoms with van der Waals surface area (Å²) in [6, 6.07) is 1.41. The fourth-order valence-electron chi connectivity index (χ4n) is 1.97. The van der Waals surface area contributed by atoms with Crippen LogP contribution in [-0.2, 0) is 4.79 Å². The van der Waals surface area contributed by atoms with Crippen molar-refractivity contribution in [2.75, 3.05) is 18.0 Å². The van der Waals surface area contributed by atoms with E-state index in [4.69, 9.17) is 22.4 Å². The molecule has 1 aromatic heterocycles. The van der Waals surface area contributed by atoms with Crippen molar-refractivity contribution in [3.8, 4) is 0 Å². The number of carboxylic acids is 1. The number of aromatic nitrogens is 1. The predicted octanol–water partition coefficient (Wildman–Crippen LogP) is 0.745. The molecular weight excluding hydrogens is 258 g/mol. The van der Waals surface area contributed by atoms with Crippen molar-refractivity contribution in [2.24, 2.45) is 11.7 Å². The Morgan fingerprint density at radius 2 is 2.28 bits per heavy atom. The summed E-state index contributed by atoms with van der Waals surface area (Å²) < 4.78 is 0. The summed E-state index contributed by atoms with van der Waals surface area (Å²) in [5.74, 6) is -1.16. The number of aromatic carboxylic acids is 1. The van der Waals surface area contributed by atoms with E-state index < -0.39 is 5.97 Å². The number of nitrogens with zero attached hydrogens (tertiary/aromatic N) is 2. The first-order valence-corrected chi connectivity index (χ1v) is 5.80. The number of anilines is 1. The normalized spacial score (nSPS) is 18.9. The molecular formula is C11H12ClN3O3. The number of pyridine rings is 1. The molecule has 96 valence electrons. The molecule has 2 heterocycles. The lowest BCUT2D eigenvalue weighted by Crippen LogP contribution is -2.27. The Balaban J connectivity index is 2.22. The molecule has 2 rings (SSSR count). The standard InChI is InChI=1S/C11H12ClN3O3/c12-8-4-14-9(3-7(8)11(17)18)15-2-1-6(5-15)10(13)16/h3-4,6H,1-2,5H2,(H2,13,16)(H,17,18). The Kier molecular flexibility index (Phi) is 3.38. The molecule has 1 amide bonds. The third-order valence-corrected chi connectivity index (χ3v) is 3.29. The number of carboxylic acid groups (broad SMARTS) is 1. The number of hydrogen-bond acceptors (Lipinski definition) is 4. The van der Waals surface area contributed by atoms with Crippen LogP contribution >= 0.6 is 11.6 Å². The van der Waals surface area contributed by atoms with Crippen LogP contribution in [0.25, 0.3) is 0 Å². The first-order valence-electron chi connectivity index (χ1n) is 5.42. The lowest BCUT2D eigenvalue weighted by atomic mass is 10.1. The van der Waals surface area contributed by atoms with Gasteiger partial charge in [-0.3, -0.25) is 4.79 Å². The topological polar surface area (TPSA) is 96.5 Å². The van der Waals surface area contributed by atoms with E-state index in [2.05, 4.69) is 4.98 Å². The third kappa shape index (κ3) is 2.38. The van der Waals surface area contributed by atoms with E-state index in [1.807, 2.05) is 4.90 Å². The molecule has 0 saturated carbocycles. The van der Waals surface area contributed by atoms with E-state index in [9.17, 15) is 9.59 Å². The minimum atomic E-state index is -1.10. The van der Waals surface area contributed by atoms with Gasteiger partial charge in [0.25, 0.3) is 0 Å². The van der Waals surface area contributed by atoms with Gasteiger partial charge in [-0.25, -0.2) is 9.78 Å². The molecule has 0 spiro atoms. The molecule has 0 radical (unpaired) electrons. The van der Waals surface area contributed by atoms with Gasteiger partial charge in [-0.1, -0.05) is 11.6 Å². The maximum absolute atomic E-state index is 11.1. The second kappa shape index (κ2) is 4.81. The molecule has 1 atom stereocenters. The summed E-state index contributed by atoms with van der Waals surface area (Å²) in [5, 5.41) is 9.06. The van der Waals surface area contributed by atoms with Crippen molar-refractivity contribution in [3.05, 3.63) is 22.8 Å². The van der Waals surface area contributed by atoms with Crippen LogP contribution in [0, 0.1) is 5.92 Å². The molecule has 18 heavy (non-hydrogen) atoms. The van der Waals surface area contributed by atoms with Gasteiger partial charge in [-0.2, -0.15) is 0 Å². The average Bonchev–Trinajstić information content (AvgIpc) is 2.78. The summed E-state index contributed by atoms with van der Waals surface area (Å²) in [5.41, 5.74) is 5.24. The molecule has 1 aromatic rings. The monoisotopic (exact) mass is 269 g/mol. The van der Waals surface area contributed by atoms with E-state index in [-0.39, 0.29) is 22.4 Å². The number of carbonyl (C=O) groups excluding carboxylic acids is 1. The number of nitrogens with two attached hydrogens (primary N) is 1. The van der Waals surface area contributed by atoms with Crippen LogP contribution in [-0.4, -0.2) is 35.1 Å². The lowest BCUT2D eigenvalue weighted by molar-refractivity contribution is -0.121. The van der Waals surface area contributed by atoms with Crippen LogP contribution in [0.4, 0.5) is 5.82 Å². The predicted molar refractivity (Wildman–Crippen MR) is 65.7 cm³/mol. The zero-order valence-electron chi connectivity index (χ0n) is 9.47. The minimum Gasteiger partial charge on any atom is -0.478 e. The molecule has 3 N–H and O–H groups in total. The fourth-order valence-corrected chi connectivity index (χ4v) is 2.15. The van der Waals surface area contributed by atoms with Crippen LogP contribution in [0.5, 0.6) is 0 Å². The zero-order chi connectivity index (χ0) is 13.3. The van der Waals surface area contributed by atoms with Gasteiger partial charge in [0.2, 0.25) is 5.91 Å². The molecule has 1 saturated heterocycles. The molecule has 0 aliphatic carbocycles. The van der Waals surface area contributed by atoms with E-state index in [1.165, 1.54) is 12.3 Å². The maximum atomic E-state index is 11.1. The second-order valence-electron chi connectivity index (χ2n) is 4.16. The van der Waals surface area contributed by atoms with Crippen molar-refractivity contribution < 1.29 is 14.7 Å². The van der Waals surface area contributed by atoms with Gasteiger partial charge in [-0.05, 0) is 12.5 Å². The maximum Gasteiger partial charge on any atom is 0.337 e. The molecule has 7 heteroatoms. The van der Waals surface area contributed by atoms with Crippen molar-refractivity contribution in [1.29, 1.82) is 0 Å². The smallest absolute Gasteiger partial charge is 0.337 e. The Labute approximate surface area is 108 Å². The van der Waals surface area contributed by atoms with E-state index in [0.717, 1.165) is 0 Å². The summed E-state index contributed by atoms with van der Waals surface area (Å²) in [6.45, 7) is 1.09. The van der Waals surface area contributed by atoms with Gasteiger partial charge in [0.05, 0.1) is 16.5 Å². The molecule has 0 bridgehead atoms. The third-order valence-electron chi connectivity index (χ3n) is 2.99. The summed E-state index contributed by atoms with van der Waals surface area (Å²) in [4.78, 5) is 27.9. The van der Waals surface area contributed by atoms with Crippen LogP contribution in [0.3, 0.4) is 0 Å². The highest BCUT2D eigenvalue weighted by atomic mass is 35.5. The van der Waals surface area contributed by atoms with Crippen LogP contribution in [0.2, 0.25) is 5.02 Å². The fraction of sp³-hybridized carbons (Fsp3) is 0.364. The Hall–Kier alpha value is -1.82. The van der Waals surface area contributed by atoms with Crippen molar-refractivity contribution in [3.63, 3.8) is 0 Å². The van der Waals surface area contributed by atoms with Gasteiger partial charge in [-0.15, -0.1) is 0 Å².